The van der Waals surface area contributed by atoms with Gasteiger partial charge in [0.1, 0.15) is 5.75 Å². The molecular weight excluding hydrogens is 533 g/mol. The monoisotopic (exact) mass is 568 g/mol. The van der Waals surface area contributed by atoms with Gasteiger partial charge in [0, 0.05) is 50.0 Å². The Morgan fingerprint density at radius 3 is 2.51 bits per heavy atom. The van der Waals surface area contributed by atoms with Crippen LogP contribution < -0.4 is 4.74 Å². The van der Waals surface area contributed by atoms with Crippen molar-refractivity contribution in [1.29, 1.82) is 0 Å². The number of rotatable bonds is 5. The third-order valence-electron chi connectivity index (χ3n) is 8.96. The lowest BCUT2D eigenvalue weighted by molar-refractivity contribution is -0.144. The van der Waals surface area contributed by atoms with Gasteiger partial charge < -0.3 is 19.6 Å². The van der Waals surface area contributed by atoms with Crippen LogP contribution in [0.15, 0.2) is 48.5 Å². The minimum absolute atomic E-state index is 0.211. The highest BCUT2D eigenvalue weighted by Crippen LogP contribution is 2.53. The fourth-order valence-electron chi connectivity index (χ4n) is 6.53. The molecule has 1 amide bonds. The van der Waals surface area contributed by atoms with Crippen LogP contribution in [-0.4, -0.2) is 65.1 Å². The highest BCUT2D eigenvalue weighted by atomic mass is 19.4. The summed E-state index contributed by atoms with van der Waals surface area (Å²) in [7, 11) is 1.68. The van der Waals surface area contributed by atoms with Gasteiger partial charge in [0.25, 0.3) is 5.91 Å². The normalized spacial score (nSPS) is 26.3. The molecule has 0 bridgehead atoms. The van der Waals surface area contributed by atoms with E-state index in [0.29, 0.717) is 49.5 Å². The van der Waals surface area contributed by atoms with E-state index in [1.54, 1.807) is 18.0 Å². The zero-order valence-corrected chi connectivity index (χ0v) is 23.3. The summed E-state index contributed by atoms with van der Waals surface area (Å²) in [5.41, 5.74) is -1.26. The maximum absolute atomic E-state index is 13.1. The average molecular weight is 569 g/mol. The smallest absolute Gasteiger partial charge is 0.416 e. The number of nitrogens with zero attached hydrogens (tertiary/aromatic N) is 2. The summed E-state index contributed by atoms with van der Waals surface area (Å²) in [6.45, 7) is 3.68. The first-order chi connectivity index (χ1) is 19.4. The summed E-state index contributed by atoms with van der Waals surface area (Å²) in [5.74, 6) is 5.53. The van der Waals surface area contributed by atoms with E-state index in [0.717, 1.165) is 30.8 Å². The molecule has 5 rings (SSSR count). The summed E-state index contributed by atoms with van der Waals surface area (Å²) < 4.78 is 44.0. The van der Waals surface area contributed by atoms with Crippen LogP contribution in [-0.2, 0) is 21.2 Å². The van der Waals surface area contributed by atoms with Gasteiger partial charge in [-0.25, -0.2) is 0 Å². The van der Waals surface area contributed by atoms with Crippen molar-refractivity contribution in [2.24, 2.45) is 5.92 Å². The maximum Gasteiger partial charge on any atom is 0.416 e. The first kappa shape index (κ1) is 29.2. The minimum atomic E-state index is -4.44. The number of β-amino-alcohol motifs (C(OH)–C–C–N with tert-alkyl or cyclic N) is 1. The third kappa shape index (κ3) is 6.29. The molecule has 3 aliphatic rings. The third-order valence-corrected chi connectivity index (χ3v) is 8.96. The van der Waals surface area contributed by atoms with Crippen molar-refractivity contribution in [3.8, 4) is 17.6 Å². The molecule has 41 heavy (non-hydrogen) atoms. The molecule has 3 atom stereocenters. The zero-order valence-electron chi connectivity index (χ0n) is 23.3. The van der Waals surface area contributed by atoms with Crippen molar-refractivity contribution >= 4 is 11.9 Å². The zero-order chi connectivity index (χ0) is 29.4. The van der Waals surface area contributed by atoms with Crippen LogP contribution in [0.4, 0.5) is 13.2 Å². The minimum Gasteiger partial charge on any atom is -0.427 e. The van der Waals surface area contributed by atoms with Gasteiger partial charge in [0.05, 0.1) is 11.2 Å². The molecule has 9 heteroatoms. The Kier molecular flexibility index (Phi) is 7.92. The van der Waals surface area contributed by atoms with Gasteiger partial charge in [-0.2, -0.15) is 13.2 Å². The lowest BCUT2D eigenvalue weighted by atomic mass is 9.55. The van der Waals surface area contributed by atoms with Crippen molar-refractivity contribution in [1.82, 2.24) is 9.80 Å². The van der Waals surface area contributed by atoms with Crippen LogP contribution in [0, 0.1) is 17.8 Å². The number of piperidine rings is 1. The first-order valence-corrected chi connectivity index (χ1v) is 14.1. The van der Waals surface area contributed by atoms with Crippen molar-refractivity contribution in [3.63, 3.8) is 0 Å². The maximum atomic E-state index is 13.1. The quantitative estimate of drug-likeness (QED) is 0.320. The highest BCUT2D eigenvalue weighted by molar-refractivity contribution is 5.94. The second-order valence-electron chi connectivity index (χ2n) is 11.8. The summed E-state index contributed by atoms with van der Waals surface area (Å²) in [6.07, 6.45) is 0.292. The number of likely N-dealkylation sites (tertiary alicyclic amines) is 1. The Labute approximate surface area is 238 Å². The molecule has 1 heterocycles. The number of benzene rings is 2. The van der Waals surface area contributed by atoms with Crippen LogP contribution in [0.25, 0.3) is 0 Å². The second kappa shape index (κ2) is 11.1. The topological polar surface area (TPSA) is 70.1 Å². The number of aliphatic hydroxyl groups is 1. The first-order valence-electron chi connectivity index (χ1n) is 14.1. The Bertz CT molecular complexity index is 1360. The molecular formula is C32H35F3N2O4. The second-order valence-corrected chi connectivity index (χ2v) is 11.8. The van der Waals surface area contributed by atoms with Crippen molar-refractivity contribution in [3.05, 3.63) is 65.2 Å². The van der Waals surface area contributed by atoms with Gasteiger partial charge >= 0.3 is 12.1 Å². The van der Waals surface area contributed by atoms with Crippen molar-refractivity contribution in [2.75, 3.05) is 26.7 Å². The van der Waals surface area contributed by atoms with Crippen LogP contribution in [0.5, 0.6) is 5.75 Å². The van der Waals surface area contributed by atoms with E-state index >= 15 is 0 Å². The molecule has 1 N–H and O–H groups in total. The van der Waals surface area contributed by atoms with Crippen LogP contribution >= 0.6 is 0 Å². The van der Waals surface area contributed by atoms with Crippen LogP contribution in [0.2, 0.25) is 0 Å². The molecule has 6 nitrogen and oxygen atoms in total. The van der Waals surface area contributed by atoms with E-state index in [1.807, 2.05) is 18.2 Å². The molecule has 218 valence electrons. The van der Waals surface area contributed by atoms with Crippen LogP contribution in [0.3, 0.4) is 0 Å². The summed E-state index contributed by atoms with van der Waals surface area (Å²) in [5, 5.41) is 12.3. The molecule has 3 fully saturated rings. The lowest BCUT2D eigenvalue weighted by Gasteiger charge is -2.59. The number of hydrogen-bond acceptors (Lipinski definition) is 5. The van der Waals surface area contributed by atoms with Crippen molar-refractivity contribution < 1.29 is 32.6 Å². The van der Waals surface area contributed by atoms with E-state index in [1.165, 1.54) is 31.9 Å². The predicted octanol–water partition coefficient (Wildman–Crippen LogP) is 4.78. The van der Waals surface area contributed by atoms with Gasteiger partial charge in [-0.3, -0.25) is 9.59 Å². The number of amides is 1. The molecule has 0 spiro atoms. The lowest BCUT2D eigenvalue weighted by Crippen LogP contribution is -2.67. The summed E-state index contributed by atoms with van der Waals surface area (Å²) in [6, 6.07) is 11.5. The number of alkyl halides is 3. The van der Waals surface area contributed by atoms with Gasteiger partial charge in [0.2, 0.25) is 0 Å². The number of fused-ring (bicyclic) bond motifs is 1. The van der Waals surface area contributed by atoms with Gasteiger partial charge in [0.15, 0.2) is 0 Å². The Balaban J connectivity index is 1.38. The highest BCUT2D eigenvalue weighted by Gasteiger charge is 2.58. The summed E-state index contributed by atoms with van der Waals surface area (Å²) >= 11 is 0. The molecule has 0 radical (unpaired) electrons. The molecule has 1 aliphatic heterocycles. The van der Waals surface area contributed by atoms with Gasteiger partial charge in [-0.1, -0.05) is 18.1 Å². The Morgan fingerprint density at radius 2 is 1.85 bits per heavy atom. The van der Waals surface area contributed by atoms with Crippen LogP contribution in [0.1, 0.15) is 62.1 Å². The van der Waals surface area contributed by atoms with E-state index in [-0.39, 0.29) is 6.04 Å². The number of hydrogen-bond donors (Lipinski definition) is 1. The molecule has 0 unspecified atom stereocenters. The fourth-order valence-corrected chi connectivity index (χ4v) is 6.53. The summed E-state index contributed by atoms with van der Waals surface area (Å²) in [4.78, 5) is 28.7. The molecule has 1 saturated heterocycles. The molecule has 2 saturated carbocycles. The number of carbonyl (C=O) groups excluding carboxylic acids is 2. The standard InChI is InChI=1S/C32H35F3N2O4/c1-22(38)41-28-5-3-4-26(18-28)30-16-17-37(20-24-6-7-24)21-31(30,40)15-14-27(19-30)36(2)29(39)13-10-23-8-11-25(12-9-23)32(33,34)35/h3-5,8-9,11-12,18,24,27,40H,6-7,14-17,19-21H2,1-2H3/t27-,30-,31-/m0/s1. The molecule has 0 aromatic heterocycles. The van der Waals surface area contributed by atoms with Crippen molar-refractivity contribution in [2.45, 2.75) is 68.7 Å². The number of ether oxygens (including phenoxy) is 1. The number of esters is 1. The van der Waals surface area contributed by atoms with E-state index < -0.39 is 34.6 Å². The Hall–Kier alpha value is -3.35. The predicted molar refractivity (Wildman–Crippen MR) is 147 cm³/mol. The van der Waals surface area contributed by atoms with E-state index in [4.69, 9.17) is 4.74 Å². The Morgan fingerprint density at radius 1 is 1.12 bits per heavy atom. The number of halogens is 3. The molecule has 2 aromatic carbocycles. The fraction of sp³-hybridized carbons (Fsp3) is 0.500. The van der Waals surface area contributed by atoms with E-state index in [2.05, 4.69) is 16.7 Å². The van der Waals surface area contributed by atoms with Gasteiger partial charge in [-0.15, -0.1) is 0 Å². The largest absolute Gasteiger partial charge is 0.427 e. The average Bonchev–Trinajstić information content (AvgIpc) is 3.74. The molecule has 2 aliphatic carbocycles. The van der Waals surface area contributed by atoms with Gasteiger partial charge in [-0.05, 0) is 92.9 Å². The molecule has 2 aromatic rings. The number of carbonyl (C=O) groups is 2. The SMILES string of the molecule is CC(=O)Oc1cccc([C@@]23CCN(CC4CC4)C[C@@]2(O)CC[C@H](N(C)C(=O)C#Cc2ccc(C(F)(F)F)cc2)C3)c1. The van der Waals surface area contributed by atoms with E-state index in [9.17, 15) is 27.9 Å².